The van der Waals surface area contributed by atoms with Crippen LogP contribution in [-0.2, 0) is 0 Å². The molecule has 2 heterocycles. The van der Waals surface area contributed by atoms with Crippen molar-refractivity contribution in [2.45, 2.75) is 6.92 Å². The first kappa shape index (κ1) is 14.9. The largest absolute Gasteiger partial charge is 0.355 e. The van der Waals surface area contributed by atoms with Crippen LogP contribution < -0.4 is 5.32 Å². The summed E-state index contributed by atoms with van der Waals surface area (Å²) in [6.07, 6.45) is 5.55. The van der Waals surface area contributed by atoms with E-state index >= 15 is 0 Å². The van der Waals surface area contributed by atoms with Gasteiger partial charge >= 0.3 is 0 Å². The molecule has 0 aliphatic carbocycles. The molecule has 0 aliphatic heterocycles. The maximum atomic E-state index is 4.43. The fraction of sp³-hybridized carbons (Fsp3) is 0.0526. The smallest absolute Gasteiger partial charge is 0.0723 e. The number of aromatic nitrogens is 3. The molecular formula is C19H15BrN4. The molecule has 4 aromatic rings. The average Bonchev–Trinajstić information content (AvgIpc) is 3.09. The summed E-state index contributed by atoms with van der Waals surface area (Å²) in [6, 6.07) is 16.3. The second-order valence-electron chi connectivity index (χ2n) is 5.65. The highest BCUT2D eigenvalue weighted by molar-refractivity contribution is 9.10. The molecule has 0 radical (unpaired) electrons. The minimum atomic E-state index is 0.961. The molecule has 2 aromatic heterocycles. The zero-order valence-corrected chi connectivity index (χ0v) is 14.7. The molecule has 0 unspecified atom stereocenters. The zero-order valence-electron chi connectivity index (χ0n) is 13.1. The first-order chi connectivity index (χ1) is 11.7. The molecule has 0 aliphatic rings. The molecule has 24 heavy (non-hydrogen) atoms. The van der Waals surface area contributed by atoms with Crippen LogP contribution >= 0.6 is 15.9 Å². The maximum absolute atomic E-state index is 4.43. The lowest BCUT2D eigenvalue weighted by molar-refractivity contribution is 0.879. The molecule has 0 saturated carbocycles. The lowest BCUT2D eigenvalue weighted by atomic mass is 10.1. The quantitative estimate of drug-likeness (QED) is 0.530. The van der Waals surface area contributed by atoms with Crippen molar-refractivity contribution < 1.29 is 0 Å². The van der Waals surface area contributed by atoms with Crippen molar-refractivity contribution in [3.05, 3.63) is 77.2 Å². The van der Waals surface area contributed by atoms with E-state index in [2.05, 4.69) is 62.5 Å². The third-order valence-corrected chi connectivity index (χ3v) is 4.31. The van der Waals surface area contributed by atoms with Crippen molar-refractivity contribution in [1.82, 2.24) is 14.8 Å². The minimum Gasteiger partial charge on any atom is -0.355 e. The highest BCUT2D eigenvalue weighted by atomic mass is 79.9. The van der Waals surface area contributed by atoms with Gasteiger partial charge in [0.2, 0.25) is 0 Å². The van der Waals surface area contributed by atoms with Gasteiger partial charge < -0.3 is 5.32 Å². The van der Waals surface area contributed by atoms with E-state index in [4.69, 9.17) is 0 Å². The number of halogens is 1. The number of anilines is 2. The van der Waals surface area contributed by atoms with E-state index < -0.39 is 0 Å². The molecular weight excluding hydrogens is 364 g/mol. The van der Waals surface area contributed by atoms with Crippen LogP contribution in [0.3, 0.4) is 0 Å². The number of fused-ring (bicyclic) bond motifs is 1. The summed E-state index contributed by atoms with van der Waals surface area (Å²) >= 11 is 3.53. The fourth-order valence-electron chi connectivity index (χ4n) is 2.77. The summed E-state index contributed by atoms with van der Waals surface area (Å²) in [6.45, 7) is 2.08. The fourth-order valence-corrected chi connectivity index (χ4v) is 3.13. The van der Waals surface area contributed by atoms with Gasteiger partial charge in [-0.1, -0.05) is 15.9 Å². The number of hydrogen-bond acceptors (Lipinski definition) is 3. The van der Waals surface area contributed by atoms with Crippen molar-refractivity contribution in [2.24, 2.45) is 0 Å². The highest BCUT2D eigenvalue weighted by Gasteiger charge is 2.06. The van der Waals surface area contributed by atoms with Crippen LogP contribution in [0.25, 0.3) is 16.6 Å². The summed E-state index contributed by atoms with van der Waals surface area (Å²) in [7, 11) is 0. The van der Waals surface area contributed by atoms with Gasteiger partial charge in [-0.15, -0.1) is 0 Å². The van der Waals surface area contributed by atoms with Crippen LogP contribution in [0.4, 0.5) is 11.4 Å². The Morgan fingerprint density at radius 1 is 1.04 bits per heavy atom. The number of pyridine rings is 1. The van der Waals surface area contributed by atoms with Gasteiger partial charge in [-0.3, -0.25) is 4.98 Å². The van der Waals surface area contributed by atoms with Gasteiger partial charge in [-0.2, -0.15) is 5.10 Å². The van der Waals surface area contributed by atoms with Crippen molar-refractivity contribution in [2.75, 3.05) is 5.32 Å². The van der Waals surface area contributed by atoms with Gasteiger partial charge in [0.15, 0.2) is 0 Å². The number of nitrogens with zero attached hydrogens (tertiary/aromatic N) is 3. The normalized spacial score (nSPS) is 10.9. The first-order valence-corrected chi connectivity index (χ1v) is 8.41. The molecule has 2 aromatic carbocycles. The van der Waals surface area contributed by atoms with Gasteiger partial charge in [-0.05, 0) is 61.0 Å². The Labute approximate surface area is 148 Å². The number of aryl methyl sites for hydroxylation is 1. The highest BCUT2D eigenvalue weighted by Crippen LogP contribution is 2.28. The molecule has 0 spiro atoms. The average molecular weight is 379 g/mol. The van der Waals surface area contributed by atoms with E-state index in [1.807, 2.05) is 41.3 Å². The Bertz CT molecular complexity index is 1010. The van der Waals surface area contributed by atoms with E-state index in [1.54, 1.807) is 6.20 Å². The lowest BCUT2D eigenvalue weighted by Crippen LogP contribution is -1.98. The van der Waals surface area contributed by atoms with E-state index in [0.29, 0.717) is 0 Å². The number of nitrogens with one attached hydrogen (secondary N) is 1. The number of rotatable bonds is 3. The molecule has 4 rings (SSSR count). The van der Waals surface area contributed by atoms with Gasteiger partial charge in [0.05, 0.1) is 11.2 Å². The zero-order chi connectivity index (χ0) is 16.5. The Morgan fingerprint density at radius 2 is 1.96 bits per heavy atom. The Hall–Kier alpha value is -2.66. The standard InChI is InChI=1S/C19H15BrN4/c1-13-9-15(12-16(10-13)24-8-2-6-22-24)23-19-5-7-21-18-4-3-14(20)11-17(18)19/h2-12H,1H3,(H,21,23). The third kappa shape index (κ3) is 2.90. The van der Waals surface area contributed by atoms with Crippen molar-refractivity contribution >= 4 is 38.2 Å². The van der Waals surface area contributed by atoms with Gasteiger partial charge in [0.1, 0.15) is 0 Å². The van der Waals surface area contributed by atoms with Gasteiger partial charge in [0.25, 0.3) is 0 Å². The second kappa shape index (κ2) is 6.09. The van der Waals surface area contributed by atoms with Gasteiger partial charge in [-0.25, -0.2) is 4.68 Å². The van der Waals surface area contributed by atoms with Crippen molar-refractivity contribution in [1.29, 1.82) is 0 Å². The van der Waals surface area contributed by atoms with E-state index in [9.17, 15) is 0 Å². The van der Waals surface area contributed by atoms with Crippen LogP contribution in [0.5, 0.6) is 0 Å². The van der Waals surface area contributed by atoms with Crippen molar-refractivity contribution in [3.8, 4) is 5.69 Å². The summed E-state index contributed by atoms with van der Waals surface area (Å²) in [5.74, 6) is 0. The second-order valence-corrected chi connectivity index (χ2v) is 6.57. The Balaban J connectivity index is 1.77. The van der Waals surface area contributed by atoms with Crippen LogP contribution in [0.1, 0.15) is 5.56 Å². The van der Waals surface area contributed by atoms with E-state index in [0.717, 1.165) is 32.4 Å². The molecule has 1 N–H and O–H groups in total. The molecule has 4 nitrogen and oxygen atoms in total. The number of benzene rings is 2. The van der Waals surface area contributed by atoms with Crippen LogP contribution in [0, 0.1) is 6.92 Å². The van der Waals surface area contributed by atoms with Crippen LogP contribution in [0.2, 0.25) is 0 Å². The lowest BCUT2D eigenvalue weighted by Gasteiger charge is -2.12. The topological polar surface area (TPSA) is 42.7 Å². The molecule has 0 amide bonds. The van der Waals surface area contributed by atoms with Crippen molar-refractivity contribution in [3.63, 3.8) is 0 Å². The van der Waals surface area contributed by atoms with E-state index in [1.165, 1.54) is 5.56 Å². The molecule has 5 heteroatoms. The third-order valence-electron chi connectivity index (χ3n) is 3.81. The summed E-state index contributed by atoms with van der Waals surface area (Å²) in [5.41, 5.74) is 5.21. The summed E-state index contributed by atoms with van der Waals surface area (Å²) in [4.78, 5) is 4.43. The predicted molar refractivity (Wildman–Crippen MR) is 101 cm³/mol. The molecule has 0 fully saturated rings. The SMILES string of the molecule is Cc1cc(Nc2ccnc3ccc(Br)cc23)cc(-n2cccn2)c1. The van der Waals surface area contributed by atoms with Crippen LogP contribution in [0.15, 0.2) is 71.6 Å². The minimum absolute atomic E-state index is 0.961. The predicted octanol–water partition coefficient (Wildman–Crippen LogP) is 5.24. The summed E-state index contributed by atoms with van der Waals surface area (Å²) in [5, 5.41) is 8.90. The summed E-state index contributed by atoms with van der Waals surface area (Å²) < 4.78 is 2.90. The first-order valence-electron chi connectivity index (χ1n) is 7.62. The Kier molecular flexibility index (Phi) is 3.78. The molecule has 118 valence electrons. The van der Waals surface area contributed by atoms with Crippen LogP contribution in [-0.4, -0.2) is 14.8 Å². The molecule has 0 atom stereocenters. The monoisotopic (exact) mass is 378 g/mol. The van der Waals surface area contributed by atoms with Gasteiger partial charge in [0, 0.05) is 39.8 Å². The maximum Gasteiger partial charge on any atom is 0.0723 e. The molecule has 0 saturated heterocycles. The molecule has 0 bridgehead atoms. The van der Waals surface area contributed by atoms with E-state index in [-0.39, 0.29) is 0 Å². The Morgan fingerprint density at radius 3 is 2.79 bits per heavy atom. The number of hydrogen-bond donors (Lipinski definition) is 1.